The molecule has 3 saturated heterocycles. The number of rotatable bonds is 5. The number of aromatic nitrogens is 3. The molecule has 0 saturated carbocycles. The summed E-state index contributed by atoms with van der Waals surface area (Å²) in [6, 6.07) is 3.35. The molecule has 29 heavy (non-hydrogen) atoms. The number of ether oxygens (including phenoxy) is 1. The highest BCUT2D eigenvalue weighted by molar-refractivity contribution is 5.91. The maximum absolute atomic E-state index is 12.9. The van der Waals surface area contributed by atoms with Crippen LogP contribution in [0, 0.1) is 25.7 Å². The Hall–Kier alpha value is -2.68. The van der Waals surface area contributed by atoms with Crippen molar-refractivity contribution in [1.82, 2.24) is 25.0 Å². The standard InChI is InChI=1S/C20H25N5O4/c1-12-22-13(2)25(23-12)10-18(26)24-9-15-14(16-5-6-20(15,11-24)29-16)8-21-19(27)17-4-3-7-28-17/h3-4,7,14-16H,5-6,8-11H2,1-2H3,(H,21,27)/t14-,15+,16+,20+/m0/s1. The van der Waals surface area contributed by atoms with E-state index in [-0.39, 0.29) is 41.9 Å². The van der Waals surface area contributed by atoms with Gasteiger partial charge in [0.1, 0.15) is 18.2 Å². The fourth-order valence-electron chi connectivity index (χ4n) is 5.30. The molecule has 0 unspecified atom stereocenters. The Morgan fingerprint density at radius 3 is 2.97 bits per heavy atom. The minimum atomic E-state index is -0.270. The molecule has 4 atom stereocenters. The zero-order valence-corrected chi connectivity index (χ0v) is 16.6. The van der Waals surface area contributed by atoms with Crippen molar-refractivity contribution in [1.29, 1.82) is 0 Å². The van der Waals surface area contributed by atoms with E-state index in [0.717, 1.165) is 18.7 Å². The van der Waals surface area contributed by atoms with E-state index >= 15 is 0 Å². The summed E-state index contributed by atoms with van der Waals surface area (Å²) in [5.74, 6) is 1.98. The fourth-order valence-corrected chi connectivity index (χ4v) is 5.30. The molecule has 0 aromatic carbocycles. The normalized spacial score (nSPS) is 30.0. The molecule has 2 aromatic rings. The Balaban J connectivity index is 1.25. The van der Waals surface area contributed by atoms with E-state index in [2.05, 4.69) is 15.4 Å². The number of carbonyl (C=O) groups is 2. The van der Waals surface area contributed by atoms with Crippen LogP contribution in [0.25, 0.3) is 0 Å². The maximum atomic E-state index is 12.9. The van der Waals surface area contributed by atoms with Gasteiger partial charge in [0, 0.05) is 24.9 Å². The van der Waals surface area contributed by atoms with Gasteiger partial charge in [-0.15, -0.1) is 0 Å². The average molecular weight is 399 g/mol. The Morgan fingerprint density at radius 2 is 2.24 bits per heavy atom. The molecule has 2 bridgehead atoms. The molecular formula is C20H25N5O4. The summed E-state index contributed by atoms with van der Waals surface area (Å²) in [5, 5.41) is 7.27. The van der Waals surface area contributed by atoms with Gasteiger partial charge in [0.2, 0.25) is 5.91 Å². The Bertz CT molecular complexity index is 939. The number of hydrogen-bond donors (Lipinski definition) is 1. The van der Waals surface area contributed by atoms with E-state index in [1.54, 1.807) is 16.8 Å². The van der Waals surface area contributed by atoms with Gasteiger partial charge in [-0.1, -0.05) is 0 Å². The lowest BCUT2D eigenvalue weighted by Gasteiger charge is -2.29. The van der Waals surface area contributed by atoms with Crippen LogP contribution >= 0.6 is 0 Å². The first-order chi connectivity index (χ1) is 13.9. The van der Waals surface area contributed by atoms with Crippen molar-refractivity contribution in [3.63, 3.8) is 0 Å². The molecule has 2 aromatic heterocycles. The highest BCUT2D eigenvalue weighted by Gasteiger charge is 2.63. The van der Waals surface area contributed by atoms with Crippen LogP contribution in [0.4, 0.5) is 0 Å². The number of hydrogen-bond acceptors (Lipinski definition) is 6. The Labute approximate surface area is 168 Å². The van der Waals surface area contributed by atoms with Gasteiger partial charge in [0.25, 0.3) is 5.91 Å². The van der Waals surface area contributed by atoms with Crippen LogP contribution in [-0.4, -0.2) is 62.8 Å². The Morgan fingerprint density at radius 1 is 1.38 bits per heavy atom. The van der Waals surface area contributed by atoms with Gasteiger partial charge in [0.15, 0.2) is 5.76 Å². The quantitative estimate of drug-likeness (QED) is 0.802. The Kier molecular flexibility index (Phi) is 4.23. The molecule has 3 aliphatic rings. The second-order valence-electron chi connectivity index (χ2n) is 8.36. The number of nitrogens with one attached hydrogen (secondary N) is 1. The summed E-state index contributed by atoms with van der Waals surface area (Å²) in [4.78, 5) is 31.3. The van der Waals surface area contributed by atoms with Crippen molar-refractivity contribution in [3.8, 4) is 0 Å². The van der Waals surface area contributed by atoms with Crippen LogP contribution < -0.4 is 5.32 Å². The van der Waals surface area contributed by atoms with Crippen molar-refractivity contribution in [2.24, 2.45) is 11.8 Å². The smallest absolute Gasteiger partial charge is 0.286 e. The van der Waals surface area contributed by atoms with E-state index in [4.69, 9.17) is 9.15 Å². The lowest BCUT2D eigenvalue weighted by Crippen LogP contribution is -2.41. The van der Waals surface area contributed by atoms with Crippen molar-refractivity contribution in [3.05, 3.63) is 35.8 Å². The zero-order valence-electron chi connectivity index (χ0n) is 16.6. The molecule has 5 heterocycles. The first-order valence-corrected chi connectivity index (χ1v) is 10.1. The molecule has 2 amide bonds. The number of nitrogens with zero attached hydrogens (tertiary/aromatic N) is 4. The number of fused-ring (bicyclic) bond motifs is 1. The van der Waals surface area contributed by atoms with Gasteiger partial charge >= 0.3 is 0 Å². The lowest BCUT2D eigenvalue weighted by molar-refractivity contribution is -0.132. The van der Waals surface area contributed by atoms with Crippen LogP contribution in [-0.2, 0) is 16.1 Å². The highest BCUT2D eigenvalue weighted by Crippen LogP contribution is 2.54. The third-order valence-electron chi connectivity index (χ3n) is 6.63. The van der Waals surface area contributed by atoms with E-state index in [1.165, 1.54) is 6.26 Å². The van der Waals surface area contributed by atoms with E-state index < -0.39 is 0 Å². The molecule has 1 spiro atoms. The largest absolute Gasteiger partial charge is 0.459 e. The molecule has 5 rings (SSSR count). The van der Waals surface area contributed by atoms with Gasteiger partial charge in [-0.2, -0.15) is 5.10 Å². The summed E-state index contributed by atoms with van der Waals surface area (Å²) < 4.78 is 13.2. The lowest BCUT2D eigenvalue weighted by atomic mass is 9.73. The SMILES string of the molecule is Cc1nc(C)n(CC(=O)N2C[C@@H]3[C@H](CNC(=O)c4ccco4)[C@H]4CC[C@]3(C2)O4)n1. The fraction of sp³-hybridized carbons (Fsp3) is 0.600. The molecule has 1 N–H and O–H groups in total. The van der Waals surface area contributed by atoms with Gasteiger partial charge in [-0.05, 0) is 38.8 Å². The summed E-state index contributed by atoms with van der Waals surface area (Å²) in [6.45, 7) is 5.67. The maximum Gasteiger partial charge on any atom is 0.286 e. The second-order valence-corrected chi connectivity index (χ2v) is 8.36. The second kappa shape index (κ2) is 6.69. The summed E-state index contributed by atoms with van der Waals surface area (Å²) in [7, 11) is 0. The summed E-state index contributed by atoms with van der Waals surface area (Å²) >= 11 is 0. The number of furan rings is 1. The van der Waals surface area contributed by atoms with Gasteiger partial charge < -0.3 is 19.4 Å². The topological polar surface area (TPSA) is 102 Å². The first-order valence-electron chi connectivity index (χ1n) is 10.1. The first kappa shape index (κ1) is 18.4. The molecule has 154 valence electrons. The van der Waals surface area contributed by atoms with Crippen LogP contribution in [0.15, 0.2) is 22.8 Å². The number of aryl methyl sites for hydroxylation is 2. The summed E-state index contributed by atoms with van der Waals surface area (Å²) in [5.41, 5.74) is -0.270. The predicted octanol–water partition coefficient (Wildman–Crippen LogP) is 0.924. The van der Waals surface area contributed by atoms with Crippen LogP contribution in [0.2, 0.25) is 0 Å². The van der Waals surface area contributed by atoms with E-state index in [9.17, 15) is 9.59 Å². The molecular weight excluding hydrogens is 374 g/mol. The highest BCUT2D eigenvalue weighted by atomic mass is 16.5. The number of amides is 2. The monoisotopic (exact) mass is 399 g/mol. The summed E-state index contributed by atoms with van der Waals surface area (Å²) in [6.07, 6.45) is 3.58. The average Bonchev–Trinajstić information content (AvgIpc) is 3.47. The van der Waals surface area contributed by atoms with Crippen LogP contribution in [0.3, 0.4) is 0 Å². The third-order valence-corrected chi connectivity index (χ3v) is 6.63. The van der Waals surface area contributed by atoms with Gasteiger partial charge in [-0.3, -0.25) is 9.59 Å². The number of carbonyl (C=O) groups excluding carboxylic acids is 2. The predicted molar refractivity (Wildman–Crippen MR) is 101 cm³/mol. The molecule has 0 aliphatic carbocycles. The minimum absolute atomic E-state index is 0.0344. The van der Waals surface area contributed by atoms with Crippen molar-refractivity contribution in [2.75, 3.05) is 19.6 Å². The van der Waals surface area contributed by atoms with Gasteiger partial charge in [-0.25, -0.2) is 9.67 Å². The van der Waals surface area contributed by atoms with Crippen molar-refractivity contribution < 1.29 is 18.7 Å². The van der Waals surface area contributed by atoms with Crippen molar-refractivity contribution >= 4 is 11.8 Å². The van der Waals surface area contributed by atoms with E-state index in [0.29, 0.717) is 31.2 Å². The third kappa shape index (κ3) is 3.04. The van der Waals surface area contributed by atoms with Crippen LogP contribution in [0.5, 0.6) is 0 Å². The zero-order chi connectivity index (χ0) is 20.2. The van der Waals surface area contributed by atoms with Crippen LogP contribution in [0.1, 0.15) is 35.0 Å². The molecule has 0 radical (unpaired) electrons. The molecule has 3 aliphatic heterocycles. The van der Waals surface area contributed by atoms with Crippen molar-refractivity contribution in [2.45, 2.75) is 44.9 Å². The number of likely N-dealkylation sites (tertiary alicyclic amines) is 1. The van der Waals surface area contributed by atoms with Gasteiger partial charge in [0.05, 0.1) is 24.5 Å². The molecule has 3 fully saturated rings. The molecule has 9 heteroatoms. The minimum Gasteiger partial charge on any atom is -0.459 e. The van der Waals surface area contributed by atoms with E-state index in [1.807, 2.05) is 18.7 Å². The molecule has 9 nitrogen and oxygen atoms in total.